The molecule has 1 aliphatic rings. The van der Waals surface area contributed by atoms with Crippen LogP contribution in [0.2, 0.25) is 0 Å². The quantitative estimate of drug-likeness (QED) is 0.0703. The molecule has 1 aliphatic heterocycles. The lowest BCUT2D eigenvalue weighted by molar-refractivity contribution is -0.147. The van der Waals surface area contributed by atoms with Crippen molar-refractivity contribution in [2.75, 3.05) is 13.1 Å². The van der Waals surface area contributed by atoms with E-state index in [2.05, 4.69) is 15.6 Å². The van der Waals surface area contributed by atoms with Gasteiger partial charge in [-0.25, -0.2) is 4.79 Å². The number of aliphatic imine (C=N–C) groups is 1. The van der Waals surface area contributed by atoms with Crippen LogP contribution < -0.4 is 27.8 Å². The van der Waals surface area contributed by atoms with Crippen molar-refractivity contribution < 1.29 is 39.3 Å². The van der Waals surface area contributed by atoms with Crippen LogP contribution in [0.3, 0.4) is 0 Å². The molecular weight excluding hydrogens is 514 g/mol. The Morgan fingerprint density at radius 2 is 1.72 bits per heavy atom. The summed E-state index contributed by atoms with van der Waals surface area (Å²) >= 11 is 0. The summed E-state index contributed by atoms with van der Waals surface area (Å²) in [5.74, 6) is -5.01. The van der Waals surface area contributed by atoms with Gasteiger partial charge in [-0.05, 0) is 49.8 Å². The standard InChI is InChI=1S/C24H35N7O8/c25-15(11-13-5-7-14(32)8-6-13)20(35)30-17(12-19(33)34)22(37)31-10-2-4-18(31)21(36)29-16(23(38)39)3-1-9-28-24(26)27/h5-8,15-18,32H,1-4,9-12,25H2,(H,29,36)(H,30,35)(H,33,34)(H,38,39)(H4,26,27,28). The minimum atomic E-state index is -1.50. The number of carbonyl (C=O) groups is 5. The number of aliphatic carboxylic acids is 2. The molecule has 2 rings (SSSR count). The normalized spacial score (nSPS) is 16.9. The zero-order valence-corrected chi connectivity index (χ0v) is 21.3. The van der Waals surface area contributed by atoms with Gasteiger partial charge in [0, 0.05) is 13.1 Å². The second-order valence-corrected chi connectivity index (χ2v) is 9.17. The number of hydrogen-bond donors (Lipinski definition) is 8. The third-order valence-electron chi connectivity index (χ3n) is 6.12. The van der Waals surface area contributed by atoms with E-state index in [9.17, 15) is 39.3 Å². The number of nitrogens with one attached hydrogen (secondary N) is 2. The molecule has 1 aromatic rings. The van der Waals surface area contributed by atoms with E-state index >= 15 is 0 Å². The molecule has 0 radical (unpaired) electrons. The molecule has 4 unspecified atom stereocenters. The highest BCUT2D eigenvalue weighted by atomic mass is 16.4. The van der Waals surface area contributed by atoms with Crippen molar-refractivity contribution >= 4 is 35.6 Å². The van der Waals surface area contributed by atoms with Crippen LogP contribution >= 0.6 is 0 Å². The Balaban J connectivity index is 2.07. The number of phenolic OH excluding ortho intramolecular Hbond substituents is 1. The number of carboxylic acids is 2. The zero-order valence-electron chi connectivity index (χ0n) is 21.3. The van der Waals surface area contributed by atoms with Gasteiger partial charge < -0.3 is 48.1 Å². The lowest BCUT2D eigenvalue weighted by Crippen LogP contribution is -2.57. The second-order valence-electron chi connectivity index (χ2n) is 9.17. The average Bonchev–Trinajstić information content (AvgIpc) is 3.35. The van der Waals surface area contributed by atoms with Crippen LogP contribution in [0.25, 0.3) is 0 Å². The Morgan fingerprint density at radius 1 is 1.05 bits per heavy atom. The van der Waals surface area contributed by atoms with E-state index in [-0.39, 0.29) is 50.5 Å². The fraction of sp³-hybridized carbons (Fsp3) is 0.500. The summed E-state index contributed by atoms with van der Waals surface area (Å²) in [6, 6.07) is 1.08. The molecule has 214 valence electrons. The molecule has 11 N–H and O–H groups in total. The summed E-state index contributed by atoms with van der Waals surface area (Å²) in [5.41, 5.74) is 17.1. The first-order valence-electron chi connectivity index (χ1n) is 12.3. The van der Waals surface area contributed by atoms with E-state index in [1.165, 1.54) is 12.1 Å². The smallest absolute Gasteiger partial charge is 0.326 e. The Hall–Kier alpha value is -4.40. The molecule has 1 heterocycles. The van der Waals surface area contributed by atoms with Crippen LogP contribution in [0, 0.1) is 0 Å². The molecule has 0 spiro atoms. The molecule has 1 aromatic carbocycles. The molecule has 39 heavy (non-hydrogen) atoms. The number of hydrogen-bond acceptors (Lipinski definition) is 8. The largest absolute Gasteiger partial charge is 0.508 e. The fourth-order valence-corrected chi connectivity index (χ4v) is 4.16. The van der Waals surface area contributed by atoms with E-state index in [4.69, 9.17) is 17.2 Å². The second kappa shape index (κ2) is 14.5. The molecule has 0 saturated carbocycles. The van der Waals surface area contributed by atoms with Gasteiger partial charge in [0.25, 0.3) is 0 Å². The number of rotatable bonds is 14. The first kappa shape index (κ1) is 30.8. The van der Waals surface area contributed by atoms with E-state index in [0.29, 0.717) is 12.0 Å². The third-order valence-corrected chi connectivity index (χ3v) is 6.12. The first-order valence-corrected chi connectivity index (χ1v) is 12.3. The number of nitrogens with zero attached hydrogens (tertiary/aromatic N) is 2. The highest BCUT2D eigenvalue weighted by Gasteiger charge is 2.39. The highest BCUT2D eigenvalue weighted by Crippen LogP contribution is 2.20. The molecule has 15 nitrogen and oxygen atoms in total. The number of aromatic hydroxyl groups is 1. The molecule has 4 atom stereocenters. The van der Waals surface area contributed by atoms with Crippen molar-refractivity contribution in [2.24, 2.45) is 22.2 Å². The Morgan fingerprint density at radius 3 is 2.31 bits per heavy atom. The third kappa shape index (κ3) is 9.77. The molecule has 0 aromatic heterocycles. The van der Waals surface area contributed by atoms with Gasteiger partial charge >= 0.3 is 11.9 Å². The highest BCUT2D eigenvalue weighted by molar-refractivity contribution is 5.96. The molecule has 1 saturated heterocycles. The number of nitrogens with two attached hydrogens (primary N) is 3. The van der Waals surface area contributed by atoms with Crippen LogP contribution in [-0.2, 0) is 30.4 Å². The van der Waals surface area contributed by atoms with Crippen molar-refractivity contribution in [1.82, 2.24) is 15.5 Å². The van der Waals surface area contributed by atoms with Crippen molar-refractivity contribution in [3.8, 4) is 5.75 Å². The zero-order chi connectivity index (χ0) is 29.1. The van der Waals surface area contributed by atoms with E-state index in [1.54, 1.807) is 12.1 Å². The number of phenols is 1. The summed E-state index contributed by atoms with van der Waals surface area (Å²) in [6.07, 6.45) is 0.277. The summed E-state index contributed by atoms with van der Waals surface area (Å²) < 4.78 is 0. The minimum absolute atomic E-state index is 0.0358. The van der Waals surface area contributed by atoms with Crippen LogP contribution in [0.15, 0.2) is 29.3 Å². The van der Waals surface area contributed by atoms with Crippen LogP contribution in [0.5, 0.6) is 5.75 Å². The summed E-state index contributed by atoms with van der Waals surface area (Å²) in [4.78, 5) is 66.9. The fourth-order valence-electron chi connectivity index (χ4n) is 4.16. The predicted octanol–water partition coefficient (Wildman–Crippen LogP) is -2.16. The van der Waals surface area contributed by atoms with Gasteiger partial charge in [-0.15, -0.1) is 0 Å². The number of amides is 3. The Labute approximate surface area is 224 Å². The number of carbonyl (C=O) groups excluding carboxylic acids is 3. The van der Waals surface area contributed by atoms with Gasteiger partial charge in [-0.2, -0.15) is 0 Å². The first-order chi connectivity index (χ1) is 18.4. The molecule has 0 bridgehead atoms. The van der Waals surface area contributed by atoms with Gasteiger partial charge in [0.15, 0.2) is 5.96 Å². The molecule has 3 amide bonds. The van der Waals surface area contributed by atoms with Gasteiger partial charge in [0.05, 0.1) is 12.5 Å². The number of carboxylic acid groups (broad SMARTS) is 2. The molecule has 1 fully saturated rings. The maximum Gasteiger partial charge on any atom is 0.326 e. The van der Waals surface area contributed by atoms with E-state index < -0.39 is 60.2 Å². The van der Waals surface area contributed by atoms with Gasteiger partial charge in [-0.3, -0.25) is 24.2 Å². The lowest BCUT2D eigenvalue weighted by atomic mass is 10.0. The number of guanidine groups is 1. The van der Waals surface area contributed by atoms with Gasteiger partial charge in [-0.1, -0.05) is 12.1 Å². The summed E-state index contributed by atoms with van der Waals surface area (Å²) in [7, 11) is 0. The Kier molecular flexibility index (Phi) is 11.5. The predicted molar refractivity (Wildman–Crippen MR) is 138 cm³/mol. The van der Waals surface area contributed by atoms with Gasteiger partial charge in [0.2, 0.25) is 17.7 Å². The monoisotopic (exact) mass is 549 g/mol. The van der Waals surface area contributed by atoms with Crippen molar-refractivity contribution in [1.29, 1.82) is 0 Å². The minimum Gasteiger partial charge on any atom is -0.508 e. The average molecular weight is 550 g/mol. The molecule has 0 aliphatic carbocycles. The van der Waals surface area contributed by atoms with E-state index in [0.717, 1.165) is 4.90 Å². The Bertz CT molecular complexity index is 1070. The van der Waals surface area contributed by atoms with Crippen LogP contribution in [0.1, 0.15) is 37.7 Å². The SMILES string of the molecule is NC(N)=NCCCC(NC(=O)C1CCCN1C(=O)C(CC(=O)O)NC(=O)C(N)Cc1ccc(O)cc1)C(=O)O. The maximum absolute atomic E-state index is 13.3. The van der Waals surface area contributed by atoms with Crippen molar-refractivity contribution in [2.45, 2.75) is 62.7 Å². The maximum atomic E-state index is 13.3. The number of benzene rings is 1. The van der Waals surface area contributed by atoms with Crippen molar-refractivity contribution in [3.05, 3.63) is 29.8 Å². The summed E-state index contributed by atoms with van der Waals surface area (Å²) in [5, 5.41) is 33.0. The van der Waals surface area contributed by atoms with E-state index in [1.807, 2.05) is 0 Å². The molecule has 15 heteroatoms. The summed E-state index contributed by atoms with van der Waals surface area (Å²) in [6.45, 7) is 0.284. The van der Waals surface area contributed by atoms with Crippen LogP contribution in [0.4, 0.5) is 0 Å². The van der Waals surface area contributed by atoms with Crippen molar-refractivity contribution in [3.63, 3.8) is 0 Å². The topological polar surface area (TPSA) is 264 Å². The lowest BCUT2D eigenvalue weighted by Gasteiger charge is -2.29. The molecular formula is C24H35N7O8. The van der Waals surface area contributed by atoms with Crippen LogP contribution in [-0.4, -0.2) is 93.1 Å². The number of likely N-dealkylation sites (tertiary alicyclic amines) is 1. The van der Waals surface area contributed by atoms with Gasteiger partial charge in [0.1, 0.15) is 23.9 Å².